The highest BCUT2D eigenvalue weighted by atomic mass is 19.3. The maximum Gasteiger partial charge on any atom is 0.317 e. The van der Waals surface area contributed by atoms with Crippen molar-refractivity contribution in [2.24, 2.45) is 0 Å². The number of amides is 2. The third kappa shape index (κ3) is 2.13. The largest absolute Gasteiger partial charge is 0.399 e. The minimum absolute atomic E-state index is 0.0410. The molecule has 5 nitrogen and oxygen atoms in total. The van der Waals surface area contributed by atoms with Crippen LogP contribution in [-0.4, -0.2) is 43.2 Å². The minimum atomic E-state index is -2.56. The van der Waals surface area contributed by atoms with Gasteiger partial charge in [0, 0.05) is 43.1 Å². The van der Waals surface area contributed by atoms with Gasteiger partial charge in [-0.1, -0.05) is 0 Å². The molecular formula is C13H16F2N4O. The number of nitrogen functional groups attached to an aromatic ring is 1. The van der Waals surface area contributed by atoms with Gasteiger partial charge >= 0.3 is 6.03 Å². The third-order valence-electron chi connectivity index (χ3n) is 3.86. The molecule has 1 atom stereocenters. The standard InChI is InChI=1S/C13H16F2N4O/c14-12(15)10-5-8(16)1-2-11(10)18-3-4-19-9(7-18)6-17-13(19)20/h1-2,5,9,12H,3-4,6-7,16H2,(H,17,20). The van der Waals surface area contributed by atoms with Crippen molar-refractivity contribution in [2.75, 3.05) is 36.8 Å². The van der Waals surface area contributed by atoms with Crippen molar-refractivity contribution in [3.63, 3.8) is 0 Å². The predicted molar refractivity (Wildman–Crippen MR) is 71.9 cm³/mol. The molecule has 0 aromatic heterocycles. The van der Waals surface area contributed by atoms with Crippen LogP contribution in [0.15, 0.2) is 18.2 Å². The first-order valence-electron chi connectivity index (χ1n) is 6.53. The number of fused-ring (bicyclic) bond motifs is 1. The number of nitrogens with two attached hydrogens (primary N) is 1. The van der Waals surface area contributed by atoms with Gasteiger partial charge < -0.3 is 20.9 Å². The summed E-state index contributed by atoms with van der Waals surface area (Å²) in [6.45, 7) is 2.22. The normalized spacial score (nSPS) is 22.1. The van der Waals surface area contributed by atoms with Crippen LogP contribution < -0.4 is 16.0 Å². The fourth-order valence-electron chi connectivity index (χ4n) is 2.86. The summed E-state index contributed by atoms with van der Waals surface area (Å²) in [5, 5.41) is 2.77. The van der Waals surface area contributed by atoms with Gasteiger partial charge in [-0.3, -0.25) is 0 Å². The first kappa shape index (κ1) is 13.0. The molecule has 3 N–H and O–H groups in total. The lowest BCUT2D eigenvalue weighted by atomic mass is 10.1. The number of piperazine rings is 1. The Morgan fingerprint density at radius 1 is 1.35 bits per heavy atom. The number of halogens is 2. The van der Waals surface area contributed by atoms with Crippen LogP contribution in [0.3, 0.4) is 0 Å². The van der Waals surface area contributed by atoms with E-state index in [4.69, 9.17) is 5.73 Å². The van der Waals surface area contributed by atoms with E-state index >= 15 is 0 Å². The molecule has 0 spiro atoms. The van der Waals surface area contributed by atoms with Gasteiger partial charge in [-0.05, 0) is 18.2 Å². The summed E-state index contributed by atoms with van der Waals surface area (Å²) in [5.41, 5.74) is 6.38. The second-order valence-electron chi connectivity index (χ2n) is 5.10. The molecule has 3 rings (SSSR count). The Kier molecular flexibility index (Phi) is 3.11. The number of urea groups is 1. The maximum absolute atomic E-state index is 13.1. The topological polar surface area (TPSA) is 61.6 Å². The van der Waals surface area contributed by atoms with Crippen molar-refractivity contribution in [3.8, 4) is 0 Å². The molecule has 108 valence electrons. The van der Waals surface area contributed by atoms with Gasteiger partial charge in [-0.2, -0.15) is 0 Å². The van der Waals surface area contributed by atoms with E-state index in [-0.39, 0.29) is 17.6 Å². The molecule has 2 heterocycles. The molecule has 0 aliphatic carbocycles. The lowest BCUT2D eigenvalue weighted by Crippen LogP contribution is -2.52. The summed E-state index contributed by atoms with van der Waals surface area (Å²) in [7, 11) is 0. The van der Waals surface area contributed by atoms with E-state index in [2.05, 4.69) is 5.32 Å². The summed E-state index contributed by atoms with van der Waals surface area (Å²) in [6, 6.07) is 4.56. The van der Waals surface area contributed by atoms with E-state index in [0.29, 0.717) is 37.6 Å². The van der Waals surface area contributed by atoms with Crippen LogP contribution in [-0.2, 0) is 0 Å². The van der Waals surface area contributed by atoms with Crippen molar-refractivity contribution in [2.45, 2.75) is 12.5 Å². The molecule has 2 aliphatic heterocycles. The van der Waals surface area contributed by atoms with E-state index in [1.165, 1.54) is 6.07 Å². The van der Waals surface area contributed by atoms with Crippen LogP contribution in [0.25, 0.3) is 0 Å². The smallest absolute Gasteiger partial charge is 0.317 e. The van der Waals surface area contributed by atoms with E-state index in [0.717, 1.165) is 0 Å². The Labute approximate surface area is 115 Å². The number of rotatable bonds is 2. The Balaban J connectivity index is 1.85. The maximum atomic E-state index is 13.1. The van der Waals surface area contributed by atoms with Crippen LogP contribution >= 0.6 is 0 Å². The summed E-state index contributed by atoms with van der Waals surface area (Å²) >= 11 is 0. The molecule has 2 amide bonds. The number of carbonyl (C=O) groups excluding carboxylic acids is 1. The highest BCUT2D eigenvalue weighted by molar-refractivity contribution is 5.77. The van der Waals surface area contributed by atoms with Crippen molar-refractivity contribution in [1.82, 2.24) is 10.2 Å². The van der Waals surface area contributed by atoms with Gasteiger partial charge in [-0.15, -0.1) is 0 Å². The van der Waals surface area contributed by atoms with Crippen LogP contribution in [0.4, 0.5) is 25.0 Å². The first-order valence-corrected chi connectivity index (χ1v) is 6.53. The van der Waals surface area contributed by atoms with E-state index in [1.54, 1.807) is 17.0 Å². The van der Waals surface area contributed by atoms with Gasteiger partial charge in [0.05, 0.1) is 6.04 Å². The van der Waals surface area contributed by atoms with Crippen LogP contribution in [0.2, 0.25) is 0 Å². The van der Waals surface area contributed by atoms with Gasteiger partial charge in [0.25, 0.3) is 6.43 Å². The molecule has 2 fully saturated rings. The summed E-state index contributed by atoms with van der Waals surface area (Å²) in [4.78, 5) is 15.2. The highest BCUT2D eigenvalue weighted by Crippen LogP contribution is 2.33. The van der Waals surface area contributed by atoms with E-state index in [9.17, 15) is 13.6 Å². The highest BCUT2D eigenvalue weighted by Gasteiger charge is 2.36. The Morgan fingerprint density at radius 2 is 2.15 bits per heavy atom. The molecule has 20 heavy (non-hydrogen) atoms. The Bertz CT molecular complexity index is 537. The van der Waals surface area contributed by atoms with Gasteiger partial charge in [0.2, 0.25) is 0 Å². The number of benzene rings is 1. The molecule has 7 heteroatoms. The zero-order chi connectivity index (χ0) is 14.3. The lowest BCUT2D eigenvalue weighted by molar-refractivity contribution is 0.151. The number of hydrogen-bond acceptors (Lipinski definition) is 3. The molecule has 2 saturated heterocycles. The zero-order valence-electron chi connectivity index (χ0n) is 10.9. The second kappa shape index (κ2) is 4.81. The monoisotopic (exact) mass is 282 g/mol. The lowest BCUT2D eigenvalue weighted by Gasteiger charge is -2.38. The van der Waals surface area contributed by atoms with Gasteiger partial charge in [-0.25, -0.2) is 13.6 Å². The molecule has 0 bridgehead atoms. The molecule has 0 saturated carbocycles. The van der Waals surface area contributed by atoms with Crippen LogP contribution in [0.5, 0.6) is 0 Å². The minimum Gasteiger partial charge on any atom is -0.399 e. The second-order valence-corrected chi connectivity index (χ2v) is 5.10. The average molecular weight is 282 g/mol. The zero-order valence-corrected chi connectivity index (χ0v) is 10.9. The quantitative estimate of drug-likeness (QED) is 0.806. The number of nitrogens with one attached hydrogen (secondary N) is 1. The average Bonchev–Trinajstić information content (AvgIpc) is 2.80. The van der Waals surface area contributed by atoms with Crippen molar-refractivity contribution in [1.29, 1.82) is 0 Å². The summed E-state index contributed by atoms with van der Waals surface area (Å²) in [5.74, 6) is 0. The Hall–Kier alpha value is -2.05. The number of hydrogen-bond donors (Lipinski definition) is 2. The van der Waals surface area contributed by atoms with Crippen molar-refractivity contribution in [3.05, 3.63) is 23.8 Å². The predicted octanol–water partition coefficient (Wildman–Crippen LogP) is 1.42. The third-order valence-corrected chi connectivity index (χ3v) is 3.86. The van der Waals surface area contributed by atoms with E-state index in [1.807, 2.05) is 4.90 Å². The van der Waals surface area contributed by atoms with Crippen LogP contribution in [0, 0.1) is 0 Å². The SMILES string of the molecule is Nc1ccc(N2CCN3C(=O)NCC3C2)c(C(F)F)c1. The number of anilines is 2. The van der Waals surface area contributed by atoms with Crippen molar-refractivity contribution >= 4 is 17.4 Å². The molecular weight excluding hydrogens is 266 g/mol. The van der Waals surface area contributed by atoms with Gasteiger partial charge in [0.15, 0.2) is 0 Å². The van der Waals surface area contributed by atoms with E-state index < -0.39 is 6.43 Å². The molecule has 0 radical (unpaired) electrons. The fraction of sp³-hybridized carbons (Fsp3) is 0.462. The first-order chi connectivity index (χ1) is 9.56. The van der Waals surface area contributed by atoms with Crippen molar-refractivity contribution < 1.29 is 13.6 Å². The van der Waals surface area contributed by atoms with Crippen LogP contribution in [0.1, 0.15) is 12.0 Å². The molecule has 1 unspecified atom stereocenters. The number of carbonyl (C=O) groups is 1. The molecule has 1 aromatic carbocycles. The molecule has 2 aliphatic rings. The summed E-state index contributed by atoms with van der Waals surface area (Å²) < 4.78 is 26.3. The van der Waals surface area contributed by atoms with Gasteiger partial charge in [0.1, 0.15) is 0 Å². The molecule has 1 aromatic rings. The fourth-order valence-corrected chi connectivity index (χ4v) is 2.86. The number of nitrogens with zero attached hydrogens (tertiary/aromatic N) is 2. The summed E-state index contributed by atoms with van der Waals surface area (Å²) in [6.07, 6.45) is -2.56. The number of alkyl halides is 2. The Morgan fingerprint density at radius 3 is 2.90 bits per heavy atom.